The number of β-amino-alcohol motifs (C(OH)–C–C–N with tert-alkyl or cyclic N) is 1. The largest absolute Gasteiger partial charge is 0.481 e. The van der Waals surface area contributed by atoms with Gasteiger partial charge in [0.05, 0.1) is 24.1 Å². The highest BCUT2D eigenvalue weighted by atomic mass is 19.4. The Morgan fingerprint density at radius 1 is 1.09 bits per heavy atom. The second-order valence-electron chi connectivity index (χ2n) is 4.84. The predicted molar refractivity (Wildman–Crippen MR) is 65.1 cm³/mol. The molecule has 1 aliphatic rings. The fraction of sp³-hybridized carbons (Fsp3) is 0.308. The Morgan fingerprint density at radius 3 is 1.91 bits per heavy atom. The van der Waals surface area contributed by atoms with E-state index in [1.54, 1.807) is 0 Å². The lowest BCUT2D eigenvalue weighted by Crippen LogP contribution is -2.55. The van der Waals surface area contributed by atoms with Crippen LogP contribution < -0.4 is 0 Å². The lowest BCUT2D eigenvalue weighted by Gasteiger charge is -2.32. The molecular weight excluding hydrogens is 307 g/mol. The minimum atomic E-state index is -5.32. The number of carboxylic acid groups (broad SMARTS) is 1. The summed E-state index contributed by atoms with van der Waals surface area (Å²) in [7, 11) is 0. The third-order valence-electron chi connectivity index (χ3n) is 3.27. The first kappa shape index (κ1) is 16.0. The molecule has 0 radical (unpaired) electrons. The first-order valence-electron chi connectivity index (χ1n) is 6.03. The van der Waals surface area contributed by atoms with Gasteiger partial charge in [-0.1, -0.05) is 12.1 Å². The maximum absolute atomic E-state index is 12.9. The molecule has 0 spiro atoms. The number of halogens is 3. The minimum Gasteiger partial charge on any atom is -0.481 e. The zero-order chi connectivity index (χ0) is 16.7. The van der Waals surface area contributed by atoms with E-state index in [4.69, 9.17) is 5.11 Å². The van der Waals surface area contributed by atoms with Crippen LogP contribution in [-0.2, 0) is 4.79 Å². The number of hydrogen-bond acceptors (Lipinski definition) is 4. The van der Waals surface area contributed by atoms with Gasteiger partial charge in [0, 0.05) is 0 Å². The van der Waals surface area contributed by atoms with Crippen LogP contribution in [0.4, 0.5) is 13.2 Å². The van der Waals surface area contributed by atoms with E-state index in [-0.39, 0.29) is 16.0 Å². The molecular formula is C13H10F3NO5. The van der Waals surface area contributed by atoms with Crippen molar-refractivity contribution >= 4 is 17.8 Å². The summed E-state index contributed by atoms with van der Waals surface area (Å²) in [5, 5.41) is 18.2. The Bertz CT molecular complexity index is 622. The highest BCUT2D eigenvalue weighted by molar-refractivity contribution is 6.21. The van der Waals surface area contributed by atoms with Gasteiger partial charge < -0.3 is 10.2 Å². The van der Waals surface area contributed by atoms with Gasteiger partial charge in [-0.15, -0.1) is 0 Å². The molecule has 118 valence electrons. The third kappa shape index (κ3) is 2.54. The van der Waals surface area contributed by atoms with Gasteiger partial charge in [0.15, 0.2) is 5.60 Å². The molecule has 0 fully saturated rings. The first-order chi connectivity index (χ1) is 10.1. The fourth-order valence-electron chi connectivity index (χ4n) is 2.14. The summed E-state index contributed by atoms with van der Waals surface area (Å²) in [4.78, 5) is 34.7. The Balaban J connectivity index is 2.35. The van der Waals surface area contributed by atoms with Crippen molar-refractivity contribution in [3.8, 4) is 0 Å². The van der Waals surface area contributed by atoms with Crippen LogP contribution in [0.2, 0.25) is 0 Å². The van der Waals surface area contributed by atoms with Crippen molar-refractivity contribution in [1.82, 2.24) is 4.90 Å². The van der Waals surface area contributed by atoms with Crippen LogP contribution in [0.3, 0.4) is 0 Å². The summed E-state index contributed by atoms with van der Waals surface area (Å²) in [5.41, 5.74) is -3.90. The molecule has 1 aromatic carbocycles. The number of hydrogen-bond donors (Lipinski definition) is 2. The van der Waals surface area contributed by atoms with Crippen molar-refractivity contribution in [2.75, 3.05) is 6.54 Å². The van der Waals surface area contributed by atoms with E-state index >= 15 is 0 Å². The number of carboxylic acids is 1. The zero-order valence-corrected chi connectivity index (χ0v) is 10.9. The molecule has 1 unspecified atom stereocenters. The highest BCUT2D eigenvalue weighted by Crippen LogP contribution is 2.36. The van der Waals surface area contributed by atoms with E-state index in [1.165, 1.54) is 24.3 Å². The van der Waals surface area contributed by atoms with E-state index in [9.17, 15) is 32.7 Å². The molecule has 9 heteroatoms. The number of nitrogens with zero attached hydrogens (tertiary/aromatic N) is 1. The molecule has 2 N–H and O–H groups in total. The maximum Gasteiger partial charge on any atom is 0.419 e. The molecule has 2 rings (SSSR count). The van der Waals surface area contributed by atoms with Gasteiger partial charge in [-0.3, -0.25) is 19.3 Å². The van der Waals surface area contributed by atoms with Crippen molar-refractivity contribution in [2.45, 2.75) is 18.2 Å². The van der Waals surface area contributed by atoms with Crippen LogP contribution in [0.25, 0.3) is 0 Å². The van der Waals surface area contributed by atoms with Gasteiger partial charge in [0.25, 0.3) is 11.8 Å². The molecule has 0 aliphatic carbocycles. The lowest BCUT2D eigenvalue weighted by atomic mass is 9.98. The summed E-state index contributed by atoms with van der Waals surface area (Å²) in [6.45, 7) is -1.48. The average Bonchev–Trinajstić information content (AvgIpc) is 2.62. The van der Waals surface area contributed by atoms with Crippen LogP contribution in [0, 0.1) is 0 Å². The topological polar surface area (TPSA) is 94.9 Å². The number of aliphatic carboxylic acids is 1. The Hall–Kier alpha value is -2.42. The van der Waals surface area contributed by atoms with Crippen molar-refractivity contribution in [1.29, 1.82) is 0 Å². The summed E-state index contributed by atoms with van der Waals surface area (Å²) in [6, 6.07) is 5.39. The van der Waals surface area contributed by atoms with Crippen molar-refractivity contribution < 1.29 is 37.8 Å². The van der Waals surface area contributed by atoms with E-state index in [0.717, 1.165) is 0 Å². The first-order valence-corrected chi connectivity index (χ1v) is 6.03. The number of amides is 2. The van der Waals surface area contributed by atoms with E-state index < -0.39 is 42.5 Å². The van der Waals surface area contributed by atoms with Crippen molar-refractivity contribution in [3.05, 3.63) is 35.4 Å². The van der Waals surface area contributed by atoms with Gasteiger partial charge in [-0.05, 0) is 12.1 Å². The normalized spacial score (nSPS) is 17.4. The standard InChI is InChI=1S/C13H10F3NO5/c14-13(15,16)12(22,5-9(18)19)6-17-10(20)7-3-1-2-4-8(7)11(17)21/h1-4,22H,5-6H2,(H,18,19). The SMILES string of the molecule is O=C(O)CC(O)(CN1C(=O)c2ccccc2C1=O)C(F)(F)F. The molecule has 2 amide bonds. The number of rotatable bonds is 4. The smallest absolute Gasteiger partial charge is 0.419 e. The lowest BCUT2D eigenvalue weighted by molar-refractivity contribution is -0.263. The molecule has 1 heterocycles. The summed E-state index contributed by atoms with van der Waals surface area (Å²) in [6.07, 6.45) is -7.00. The van der Waals surface area contributed by atoms with Crippen LogP contribution in [0.1, 0.15) is 27.1 Å². The second kappa shape index (κ2) is 5.09. The van der Waals surface area contributed by atoms with Crippen LogP contribution in [0.15, 0.2) is 24.3 Å². The number of aliphatic hydroxyl groups is 1. The molecule has 1 atom stereocenters. The predicted octanol–water partition coefficient (Wildman–Crippen LogP) is 1.05. The van der Waals surface area contributed by atoms with Crippen LogP contribution in [-0.4, -0.2) is 51.2 Å². The monoisotopic (exact) mass is 317 g/mol. The quantitative estimate of drug-likeness (QED) is 0.810. The van der Waals surface area contributed by atoms with Crippen molar-refractivity contribution in [3.63, 3.8) is 0 Å². The number of carbonyl (C=O) groups is 3. The van der Waals surface area contributed by atoms with Crippen LogP contribution in [0.5, 0.6) is 0 Å². The van der Waals surface area contributed by atoms with Crippen LogP contribution >= 0.6 is 0 Å². The number of imide groups is 1. The summed E-state index contributed by atoms with van der Waals surface area (Å²) in [5.74, 6) is -3.92. The van der Waals surface area contributed by atoms with Gasteiger partial charge in [-0.25, -0.2) is 0 Å². The number of carbonyl (C=O) groups excluding carboxylic acids is 2. The summed E-state index contributed by atoms with van der Waals surface area (Å²) >= 11 is 0. The molecule has 1 aliphatic heterocycles. The average molecular weight is 317 g/mol. The van der Waals surface area contributed by atoms with Gasteiger partial charge >= 0.3 is 12.1 Å². The zero-order valence-electron chi connectivity index (χ0n) is 10.9. The Labute approximate surface area is 121 Å². The van der Waals surface area contributed by atoms with Gasteiger partial charge in [0.2, 0.25) is 0 Å². The van der Waals surface area contributed by atoms with Crippen molar-refractivity contribution in [2.24, 2.45) is 0 Å². The molecule has 6 nitrogen and oxygen atoms in total. The molecule has 1 aromatic rings. The highest BCUT2D eigenvalue weighted by Gasteiger charge is 2.57. The molecule has 0 saturated heterocycles. The number of fused-ring (bicyclic) bond motifs is 1. The number of benzene rings is 1. The van der Waals surface area contributed by atoms with Gasteiger partial charge in [-0.2, -0.15) is 13.2 Å². The summed E-state index contributed by atoms with van der Waals surface area (Å²) < 4.78 is 38.8. The molecule has 0 bridgehead atoms. The fourth-order valence-corrected chi connectivity index (χ4v) is 2.14. The van der Waals surface area contributed by atoms with E-state index in [1.807, 2.05) is 0 Å². The van der Waals surface area contributed by atoms with E-state index in [2.05, 4.69) is 0 Å². The molecule has 22 heavy (non-hydrogen) atoms. The number of alkyl halides is 3. The van der Waals surface area contributed by atoms with E-state index in [0.29, 0.717) is 0 Å². The molecule has 0 saturated carbocycles. The van der Waals surface area contributed by atoms with Gasteiger partial charge in [0.1, 0.15) is 0 Å². The Morgan fingerprint density at radius 2 is 1.55 bits per heavy atom. The Kier molecular flexibility index (Phi) is 3.69. The second-order valence-corrected chi connectivity index (χ2v) is 4.84. The maximum atomic E-state index is 12.9. The third-order valence-corrected chi connectivity index (χ3v) is 3.27. The molecule has 0 aromatic heterocycles. The minimum absolute atomic E-state index is 0.0904.